The Labute approximate surface area is 163 Å². The number of anilines is 2. The summed E-state index contributed by atoms with van der Waals surface area (Å²) in [6, 6.07) is 12.3. The van der Waals surface area contributed by atoms with E-state index in [0.717, 1.165) is 52.9 Å². The molecule has 1 aliphatic heterocycles. The smallest absolute Gasteiger partial charge is 0.432 e. The second kappa shape index (κ2) is 7.52. The Balaban J connectivity index is 1.52. The number of hydrogen-bond acceptors (Lipinski definition) is 5. The standard InChI is InChI=1S/C21H25N5O2/c1-13-2-3-14(9-18(13)22)8-15-6-7-23-12-19(15)25-17-4-5-20-16(10-17)11-24-26(20)21(27)28/h2-5,9-11,15,19,23,25H,6-8,12,22H2,1H3,(H,27,28). The molecule has 28 heavy (non-hydrogen) atoms. The number of fused-ring (bicyclic) bond motifs is 1. The van der Waals surface area contributed by atoms with Gasteiger partial charge in [-0.05, 0) is 67.6 Å². The van der Waals surface area contributed by atoms with Gasteiger partial charge < -0.3 is 21.5 Å². The molecule has 2 atom stereocenters. The van der Waals surface area contributed by atoms with Crippen LogP contribution in [0.1, 0.15) is 17.5 Å². The van der Waals surface area contributed by atoms with Crippen LogP contribution in [0.3, 0.4) is 0 Å². The fraction of sp³-hybridized carbons (Fsp3) is 0.333. The Morgan fingerprint density at radius 3 is 3.00 bits per heavy atom. The summed E-state index contributed by atoms with van der Waals surface area (Å²) >= 11 is 0. The second-order valence-corrected chi connectivity index (χ2v) is 7.51. The van der Waals surface area contributed by atoms with Crippen LogP contribution in [0.5, 0.6) is 0 Å². The van der Waals surface area contributed by atoms with Crippen molar-refractivity contribution in [3.8, 4) is 0 Å². The molecule has 146 valence electrons. The molecule has 1 aromatic heterocycles. The van der Waals surface area contributed by atoms with Crippen LogP contribution >= 0.6 is 0 Å². The lowest BCUT2D eigenvalue weighted by Crippen LogP contribution is -2.45. The number of nitrogens with two attached hydrogens (primary N) is 1. The summed E-state index contributed by atoms with van der Waals surface area (Å²) in [4.78, 5) is 11.2. The molecule has 0 aliphatic carbocycles. The van der Waals surface area contributed by atoms with Crippen LogP contribution in [-0.4, -0.2) is 40.1 Å². The van der Waals surface area contributed by atoms with E-state index in [1.165, 1.54) is 5.56 Å². The third-order valence-electron chi connectivity index (χ3n) is 5.57. The van der Waals surface area contributed by atoms with Crippen LogP contribution in [0.4, 0.5) is 16.2 Å². The fourth-order valence-electron chi connectivity index (χ4n) is 3.93. The number of rotatable bonds is 4. The van der Waals surface area contributed by atoms with Gasteiger partial charge in [0.25, 0.3) is 0 Å². The molecule has 7 heteroatoms. The lowest BCUT2D eigenvalue weighted by atomic mass is 9.86. The highest BCUT2D eigenvalue weighted by atomic mass is 16.4. The van der Waals surface area contributed by atoms with Gasteiger partial charge in [0.2, 0.25) is 0 Å². The molecule has 0 spiro atoms. The SMILES string of the molecule is Cc1ccc(CC2CCNCC2Nc2ccc3c(cnn3C(=O)O)c2)cc1N. The van der Waals surface area contributed by atoms with Crippen molar-refractivity contribution in [2.24, 2.45) is 5.92 Å². The topological polar surface area (TPSA) is 105 Å². The summed E-state index contributed by atoms with van der Waals surface area (Å²) in [5.41, 5.74) is 10.9. The first-order chi connectivity index (χ1) is 13.5. The summed E-state index contributed by atoms with van der Waals surface area (Å²) in [6.07, 6.45) is 2.57. The Morgan fingerprint density at radius 1 is 1.36 bits per heavy atom. The van der Waals surface area contributed by atoms with Crippen molar-refractivity contribution in [2.75, 3.05) is 24.1 Å². The van der Waals surface area contributed by atoms with Gasteiger partial charge >= 0.3 is 6.09 Å². The number of nitrogen functional groups attached to an aromatic ring is 1. The number of aryl methyl sites for hydroxylation is 1. The van der Waals surface area contributed by atoms with Gasteiger partial charge in [0.15, 0.2) is 0 Å². The molecule has 5 N–H and O–H groups in total. The van der Waals surface area contributed by atoms with E-state index in [0.29, 0.717) is 11.4 Å². The molecule has 2 aromatic carbocycles. The number of piperidine rings is 1. The van der Waals surface area contributed by atoms with Crippen LogP contribution in [0.25, 0.3) is 10.9 Å². The average molecular weight is 379 g/mol. The minimum absolute atomic E-state index is 0.281. The van der Waals surface area contributed by atoms with Gasteiger partial charge in [-0.1, -0.05) is 12.1 Å². The summed E-state index contributed by atoms with van der Waals surface area (Å²) in [6.45, 7) is 3.92. The maximum atomic E-state index is 11.2. The lowest BCUT2D eigenvalue weighted by molar-refractivity contribution is 0.194. The van der Waals surface area contributed by atoms with Crippen molar-refractivity contribution < 1.29 is 9.90 Å². The van der Waals surface area contributed by atoms with Crippen molar-refractivity contribution in [3.05, 3.63) is 53.7 Å². The van der Waals surface area contributed by atoms with Crippen LogP contribution in [0.15, 0.2) is 42.6 Å². The molecule has 0 bridgehead atoms. The first kappa shape index (κ1) is 18.3. The molecule has 1 fully saturated rings. The van der Waals surface area contributed by atoms with Crippen LogP contribution < -0.4 is 16.4 Å². The third kappa shape index (κ3) is 3.66. The van der Waals surface area contributed by atoms with E-state index >= 15 is 0 Å². The minimum atomic E-state index is -1.08. The van der Waals surface area contributed by atoms with Gasteiger partial charge in [-0.3, -0.25) is 0 Å². The molecule has 2 unspecified atom stereocenters. The minimum Gasteiger partial charge on any atom is -0.463 e. The molecule has 4 rings (SSSR count). The highest BCUT2D eigenvalue weighted by molar-refractivity contribution is 5.89. The Morgan fingerprint density at radius 2 is 2.21 bits per heavy atom. The van der Waals surface area contributed by atoms with E-state index in [-0.39, 0.29) is 6.04 Å². The highest BCUT2D eigenvalue weighted by Crippen LogP contribution is 2.26. The zero-order valence-corrected chi connectivity index (χ0v) is 15.9. The largest absolute Gasteiger partial charge is 0.463 e. The number of carboxylic acid groups (broad SMARTS) is 1. The van der Waals surface area contributed by atoms with E-state index in [1.807, 2.05) is 19.1 Å². The maximum absolute atomic E-state index is 11.2. The summed E-state index contributed by atoms with van der Waals surface area (Å²) in [7, 11) is 0. The molecule has 7 nitrogen and oxygen atoms in total. The van der Waals surface area contributed by atoms with Gasteiger partial charge in [0.1, 0.15) is 0 Å². The number of nitrogens with zero attached hydrogens (tertiary/aromatic N) is 2. The van der Waals surface area contributed by atoms with Gasteiger partial charge in [-0.25, -0.2) is 4.79 Å². The quantitative estimate of drug-likeness (QED) is 0.519. The predicted molar refractivity (Wildman–Crippen MR) is 111 cm³/mol. The van der Waals surface area contributed by atoms with E-state index in [9.17, 15) is 9.90 Å². The molecular formula is C21H25N5O2. The van der Waals surface area contributed by atoms with Crippen molar-refractivity contribution in [1.29, 1.82) is 0 Å². The second-order valence-electron chi connectivity index (χ2n) is 7.51. The number of hydrogen-bond donors (Lipinski definition) is 4. The van der Waals surface area contributed by atoms with Crippen molar-refractivity contribution >= 4 is 28.4 Å². The molecule has 2 heterocycles. The number of carbonyl (C=O) groups is 1. The highest BCUT2D eigenvalue weighted by Gasteiger charge is 2.25. The Bertz CT molecular complexity index is 1010. The van der Waals surface area contributed by atoms with Gasteiger partial charge in [-0.15, -0.1) is 0 Å². The summed E-state index contributed by atoms with van der Waals surface area (Å²) in [5, 5.41) is 21.0. The molecule has 1 aliphatic rings. The van der Waals surface area contributed by atoms with E-state index in [2.05, 4.69) is 33.9 Å². The molecule has 0 radical (unpaired) electrons. The van der Waals surface area contributed by atoms with E-state index in [1.54, 1.807) is 12.3 Å². The Kier molecular flexibility index (Phi) is 4.92. The summed E-state index contributed by atoms with van der Waals surface area (Å²) < 4.78 is 0.992. The maximum Gasteiger partial charge on any atom is 0.432 e. The Hall–Kier alpha value is -3.06. The van der Waals surface area contributed by atoms with Crippen molar-refractivity contribution in [3.63, 3.8) is 0 Å². The number of benzene rings is 2. The normalized spacial score (nSPS) is 19.6. The zero-order chi connectivity index (χ0) is 19.7. The molecular weight excluding hydrogens is 354 g/mol. The van der Waals surface area contributed by atoms with Crippen molar-refractivity contribution in [2.45, 2.75) is 25.8 Å². The van der Waals surface area contributed by atoms with E-state index in [4.69, 9.17) is 5.73 Å². The fourth-order valence-corrected chi connectivity index (χ4v) is 3.93. The average Bonchev–Trinajstić information content (AvgIpc) is 3.10. The lowest BCUT2D eigenvalue weighted by Gasteiger charge is -2.34. The summed E-state index contributed by atoms with van der Waals surface area (Å²) in [5.74, 6) is 0.487. The van der Waals surface area contributed by atoms with Gasteiger partial charge in [0.05, 0.1) is 11.7 Å². The van der Waals surface area contributed by atoms with Crippen LogP contribution in [-0.2, 0) is 6.42 Å². The van der Waals surface area contributed by atoms with E-state index < -0.39 is 6.09 Å². The monoisotopic (exact) mass is 379 g/mol. The molecule has 1 saturated heterocycles. The zero-order valence-electron chi connectivity index (χ0n) is 15.9. The number of aromatic nitrogens is 2. The molecule has 0 saturated carbocycles. The van der Waals surface area contributed by atoms with Gasteiger partial charge in [0, 0.05) is 29.3 Å². The first-order valence-corrected chi connectivity index (χ1v) is 9.54. The molecule has 3 aromatic rings. The third-order valence-corrected chi connectivity index (χ3v) is 5.57. The van der Waals surface area contributed by atoms with Crippen LogP contribution in [0.2, 0.25) is 0 Å². The molecule has 0 amide bonds. The van der Waals surface area contributed by atoms with Crippen LogP contribution in [0, 0.1) is 12.8 Å². The first-order valence-electron chi connectivity index (χ1n) is 9.54. The number of nitrogens with one attached hydrogen (secondary N) is 2. The van der Waals surface area contributed by atoms with Crippen molar-refractivity contribution in [1.82, 2.24) is 15.1 Å². The van der Waals surface area contributed by atoms with Gasteiger partial charge in [-0.2, -0.15) is 9.78 Å². The predicted octanol–water partition coefficient (Wildman–Crippen LogP) is 3.09.